The second-order valence-electron chi connectivity index (χ2n) is 7.57. The van der Waals surface area contributed by atoms with Gasteiger partial charge in [-0.3, -0.25) is 38.8 Å². The summed E-state index contributed by atoms with van der Waals surface area (Å²) in [6, 6.07) is 0. The molecule has 0 bridgehead atoms. The molecule has 0 aliphatic carbocycles. The first-order valence-corrected chi connectivity index (χ1v) is 10.3. The molecule has 0 spiro atoms. The topological polar surface area (TPSA) is 142 Å². The highest BCUT2D eigenvalue weighted by Crippen LogP contribution is 2.02. The zero-order chi connectivity index (χ0) is 22.5. The molecule has 1 aliphatic heterocycles. The first-order chi connectivity index (χ1) is 14.2. The van der Waals surface area contributed by atoms with E-state index in [1.165, 1.54) is 0 Å². The third-order valence-electron chi connectivity index (χ3n) is 4.94. The Hall–Kier alpha value is -2.08. The van der Waals surface area contributed by atoms with Crippen LogP contribution in [0.4, 0.5) is 0 Å². The number of nitrogens with zero attached hydrogens (tertiary/aromatic N) is 4. The lowest BCUT2D eigenvalue weighted by atomic mass is 10.2. The summed E-state index contributed by atoms with van der Waals surface area (Å²) in [7, 11) is 0. The van der Waals surface area contributed by atoms with Gasteiger partial charge in [0.25, 0.3) is 0 Å². The predicted octanol–water partition coefficient (Wildman–Crippen LogP) is -1.17. The van der Waals surface area contributed by atoms with Crippen molar-refractivity contribution in [2.75, 3.05) is 78.5 Å². The molecule has 1 heterocycles. The molecular weight excluding hydrogens is 396 g/mol. The van der Waals surface area contributed by atoms with Crippen molar-refractivity contribution in [3.63, 3.8) is 0 Å². The minimum atomic E-state index is -0.989. The van der Waals surface area contributed by atoms with E-state index in [1.54, 1.807) is 14.7 Å². The van der Waals surface area contributed by atoms with Crippen LogP contribution < -0.4 is 0 Å². The zero-order valence-corrected chi connectivity index (χ0v) is 17.7. The van der Waals surface area contributed by atoms with E-state index < -0.39 is 17.9 Å². The van der Waals surface area contributed by atoms with E-state index in [0.29, 0.717) is 58.8 Å². The van der Waals surface area contributed by atoms with Crippen molar-refractivity contribution in [2.24, 2.45) is 0 Å². The standard InChI is InChI=1S/C19H34N4O7/c1-2-3-16(24)12-20-4-6-21(13-17(25)26)8-10-23(15-19(29)30)11-9-22(7-5-20)14-18(27)28/h2-15H2,1H3,(H,25,26)(H,27,28)(H,29,30). The molecule has 0 aromatic heterocycles. The van der Waals surface area contributed by atoms with Gasteiger partial charge >= 0.3 is 17.9 Å². The Bertz CT molecular complexity index is 555. The van der Waals surface area contributed by atoms with Gasteiger partial charge in [-0.25, -0.2) is 0 Å². The molecule has 11 heteroatoms. The molecule has 0 aromatic rings. The highest BCUT2D eigenvalue weighted by molar-refractivity contribution is 5.80. The van der Waals surface area contributed by atoms with Crippen molar-refractivity contribution < 1.29 is 34.5 Å². The number of carboxylic acid groups (broad SMARTS) is 3. The van der Waals surface area contributed by atoms with Crippen LogP contribution in [0.5, 0.6) is 0 Å². The van der Waals surface area contributed by atoms with Gasteiger partial charge in [-0.15, -0.1) is 0 Å². The van der Waals surface area contributed by atoms with Crippen molar-refractivity contribution in [3.8, 4) is 0 Å². The molecule has 0 aromatic carbocycles. The van der Waals surface area contributed by atoms with Gasteiger partial charge in [0.05, 0.1) is 26.2 Å². The van der Waals surface area contributed by atoms with Crippen molar-refractivity contribution in [1.29, 1.82) is 0 Å². The summed E-state index contributed by atoms with van der Waals surface area (Å²) in [5, 5.41) is 27.5. The van der Waals surface area contributed by atoms with Crippen LogP contribution in [0.1, 0.15) is 19.8 Å². The van der Waals surface area contributed by atoms with Crippen molar-refractivity contribution in [2.45, 2.75) is 19.8 Å². The highest BCUT2D eigenvalue weighted by Gasteiger charge is 2.20. The summed E-state index contributed by atoms with van der Waals surface area (Å²) in [6.07, 6.45) is 1.22. The SMILES string of the molecule is CCCC(=O)CN1CCN(CC(=O)O)CCN(CC(=O)O)CCN(CC(=O)O)CC1. The molecule has 0 saturated carbocycles. The second-order valence-corrected chi connectivity index (χ2v) is 7.57. The molecule has 1 fully saturated rings. The van der Waals surface area contributed by atoms with Crippen LogP contribution in [0.15, 0.2) is 0 Å². The molecule has 1 saturated heterocycles. The minimum absolute atomic E-state index is 0.104. The number of hydrogen-bond acceptors (Lipinski definition) is 8. The number of hydrogen-bond donors (Lipinski definition) is 3. The number of rotatable bonds is 10. The molecule has 0 amide bonds. The predicted molar refractivity (Wildman–Crippen MR) is 109 cm³/mol. The average molecular weight is 431 g/mol. The maximum atomic E-state index is 12.1. The highest BCUT2D eigenvalue weighted by atomic mass is 16.4. The lowest BCUT2D eigenvalue weighted by Gasteiger charge is -2.32. The Morgan fingerprint density at radius 3 is 1.07 bits per heavy atom. The maximum absolute atomic E-state index is 12.1. The molecule has 3 N–H and O–H groups in total. The molecule has 11 nitrogen and oxygen atoms in total. The van der Waals surface area contributed by atoms with E-state index in [-0.39, 0.29) is 32.0 Å². The third-order valence-corrected chi connectivity index (χ3v) is 4.94. The summed E-state index contributed by atoms with van der Waals surface area (Å²) in [6.45, 7) is 4.91. The number of aliphatic carboxylic acids is 3. The lowest BCUT2D eigenvalue weighted by Crippen LogP contribution is -2.49. The quantitative estimate of drug-likeness (QED) is 0.386. The van der Waals surface area contributed by atoms with Gasteiger partial charge in [0.15, 0.2) is 0 Å². The van der Waals surface area contributed by atoms with Gasteiger partial charge in [-0.2, -0.15) is 0 Å². The molecule has 1 rings (SSSR count). The first-order valence-electron chi connectivity index (χ1n) is 10.3. The van der Waals surface area contributed by atoms with Gasteiger partial charge in [0.2, 0.25) is 0 Å². The fourth-order valence-corrected chi connectivity index (χ4v) is 3.39. The normalized spacial score (nSPS) is 19.0. The number of Topliss-reactive ketones (excluding diaryl/α,β-unsaturated/α-hetero) is 1. The van der Waals surface area contributed by atoms with Crippen molar-refractivity contribution in [1.82, 2.24) is 19.6 Å². The molecule has 0 unspecified atom stereocenters. The molecule has 172 valence electrons. The van der Waals surface area contributed by atoms with Gasteiger partial charge in [0, 0.05) is 58.8 Å². The Morgan fingerprint density at radius 2 is 0.833 bits per heavy atom. The first kappa shape index (κ1) is 26.0. The van der Waals surface area contributed by atoms with Gasteiger partial charge in [-0.05, 0) is 6.42 Å². The van der Waals surface area contributed by atoms with Crippen LogP contribution in [-0.2, 0) is 19.2 Å². The summed E-state index contributed by atoms with van der Waals surface area (Å²) in [5.74, 6) is -2.81. The van der Waals surface area contributed by atoms with E-state index in [9.17, 15) is 29.4 Å². The number of carboxylic acids is 3. The van der Waals surface area contributed by atoms with Crippen LogP contribution in [-0.4, -0.2) is 137 Å². The maximum Gasteiger partial charge on any atom is 0.317 e. The number of carbonyl (C=O) groups excluding carboxylic acids is 1. The van der Waals surface area contributed by atoms with Crippen LogP contribution >= 0.6 is 0 Å². The molecular formula is C19H34N4O7. The molecule has 0 radical (unpaired) electrons. The smallest absolute Gasteiger partial charge is 0.317 e. The summed E-state index contributed by atoms with van der Waals surface area (Å²) >= 11 is 0. The van der Waals surface area contributed by atoms with E-state index in [2.05, 4.69) is 0 Å². The largest absolute Gasteiger partial charge is 0.480 e. The molecule has 30 heavy (non-hydrogen) atoms. The van der Waals surface area contributed by atoms with Crippen molar-refractivity contribution >= 4 is 23.7 Å². The minimum Gasteiger partial charge on any atom is -0.480 e. The Kier molecular flexibility index (Phi) is 12.1. The average Bonchev–Trinajstić information content (AvgIpc) is 2.62. The van der Waals surface area contributed by atoms with E-state index in [1.807, 2.05) is 11.8 Å². The van der Waals surface area contributed by atoms with Gasteiger partial charge < -0.3 is 15.3 Å². The number of ketones is 1. The Labute approximate surface area is 176 Å². The van der Waals surface area contributed by atoms with Gasteiger partial charge in [0.1, 0.15) is 5.78 Å². The molecule has 0 atom stereocenters. The lowest BCUT2D eigenvalue weighted by molar-refractivity contribution is -0.140. The third kappa shape index (κ3) is 11.8. The van der Waals surface area contributed by atoms with Crippen LogP contribution in [0, 0.1) is 0 Å². The molecule has 1 aliphatic rings. The summed E-state index contributed by atoms with van der Waals surface area (Å²) in [5.41, 5.74) is 0. The zero-order valence-electron chi connectivity index (χ0n) is 17.7. The second kappa shape index (κ2) is 14.0. The van der Waals surface area contributed by atoms with E-state index >= 15 is 0 Å². The fourth-order valence-electron chi connectivity index (χ4n) is 3.39. The monoisotopic (exact) mass is 430 g/mol. The fraction of sp³-hybridized carbons (Fsp3) is 0.789. The summed E-state index contributed by atoms with van der Waals surface area (Å²) in [4.78, 5) is 52.8. The number of carbonyl (C=O) groups is 4. The van der Waals surface area contributed by atoms with Crippen LogP contribution in [0.3, 0.4) is 0 Å². The Balaban J connectivity index is 2.92. The van der Waals surface area contributed by atoms with Crippen LogP contribution in [0.2, 0.25) is 0 Å². The van der Waals surface area contributed by atoms with Gasteiger partial charge in [-0.1, -0.05) is 6.92 Å². The van der Waals surface area contributed by atoms with E-state index in [0.717, 1.165) is 6.42 Å². The summed E-state index contributed by atoms with van der Waals surface area (Å²) < 4.78 is 0. The van der Waals surface area contributed by atoms with Crippen molar-refractivity contribution in [3.05, 3.63) is 0 Å². The van der Waals surface area contributed by atoms with Crippen LogP contribution in [0.25, 0.3) is 0 Å². The Morgan fingerprint density at radius 1 is 0.567 bits per heavy atom. The van der Waals surface area contributed by atoms with E-state index in [4.69, 9.17) is 5.11 Å².